The quantitative estimate of drug-likeness (QED) is 0.262. The van der Waals surface area contributed by atoms with Crippen LogP contribution < -0.4 is 5.32 Å². The van der Waals surface area contributed by atoms with Crippen molar-refractivity contribution >= 4 is 5.97 Å². The molecule has 0 aliphatic rings. The lowest BCUT2D eigenvalue weighted by Gasteiger charge is -2.21. The summed E-state index contributed by atoms with van der Waals surface area (Å²) in [7, 11) is 0. The Morgan fingerprint density at radius 1 is 1.43 bits per heavy atom. The van der Waals surface area contributed by atoms with Gasteiger partial charge in [0.15, 0.2) is 0 Å². The summed E-state index contributed by atoms with van der Waals surface area (Å²) in [4.78, 5) is 14.9. The Bertz CT molecular complexity index is 504. The number of hydrogen-bond acceptors (Lipinski definition) is 4. The second-order valence-electron chi connectivity index (χ2n) is 4.75. The van der Waals surface area contributed by atoms with Crippen molar-refractivity contribution in [3.8, 4) is 0 Å². The van der Waals surface area contributed by atoms with Gasteiger partial charge in [-0.3, -0.25) is 0 Å². The highest BCUT2D eigenvalue weighted by Gasteiger charge is 2.24. The van der Waals surface area contributed by atoms with Crippen LogP contribution >= 0.6 is 0 Å². The zero-order valence-corrected chi connectivity index (χ0v) is 12.8. The van der Waals surface area contributed by atoms with E-state index in [1.165, 1.54) is 0 Å². The first-order chi connectivity index (χ1) is 10.1. The summed E-state index contributed by atoms with van der Waals surface area (Å²) in [6.07, 6.45) is 0.672. The van der Waals surface area contributed by atoms with Crippen molar-refractivity contribution in [1.29, 1.82) is 0 Å². The molecule has 0 saturated heterocycles. The average Bonchev–Trinajstić information content (AvgIpc) is 2.45. The van der Waals surface area contributed by atoms with Crippen molar-refractivity contribution in [2.45, 2.75) is 33.2 Å². The second kappa shape index (κ2) is 9.00. The van der Waals surface area contributed by atoms with E-state index in [1.54, 1.807) is 6.92 Å². The van der Waals surface area contributed by atoms with Gasteiger partial charge < -0.3 is 10.1 Å². The molecule has 0 heterocycles. The van der Waals surface area contributed by atoms with Crippen LogP contribution in [0, 0.1) is 13.8 Å². The summed E-state index contributed by atoms with van der Waals surface area (Å²) in [5, 5.41) is 6.69. The van der Waals surface area contributed by atoms with Crippen LogP contribution in [0.25, 0.3) is 10.4 Å². The fourth-order valence-electron chi connectivity index (χ4n) is 2.25. The highest BCUT2D eigenvalue weighted by atomic mass is 16.5. The molecule has 6 nitrogen and oxygen atoms in total. The van der Waals surface area contributed by atoms with E-state index >= 15 is 0 Å². The Hall–Kier alpha value is -2.04. The molecule has 114 valence electrons. The largest absolute Gasteiger partial charge is 0.465 e. The van der Waals surface area contributed by atoms with Crippen molar-refractivity contribution in [3.05, 3.63) is 45.3 Å². The van der Waals surface area contributed by atoms with Crippen LogP contribution in [0.15, 0.2) is 23.3 Å². The molecule has 0 bridgehead atoms. The van der Waals surface area contributed by atoms with E-state index in [9.17, 15) is 4.79 Å². The number of benzene rings is 1. The van der Waals surface area contributed by atoms with E-state index in [-0.39, 0.29) is 5.97 Å². The number of rotatable bonds is 8. The fourth-order valence-corrected chi connectivity index (χ4v) is 2.25. The van der Waals surface area contributed by atoms with E-state index in [4.69, 9.17) is 10.3 Å². The van der Waals surface area contributed by atoms with Crippen LogP contribution in [0.5, 0.6) is 0 Å². The average molecular weight is 290 g/mol. The zero-order chi connectivity index (χ0) is 15.7. The number of azide groups is 1. The predicted molar refractivity (Wildman–Crippen MR) is 81.9 cm³/mol. The topological polar surface area (TPSA) is 87.1 Å². The molecular weight excluding hydrogens is 268 g/mol. The number of nitrogens with one attached hydrogen (secondary N) is 1. The minimum atomic E-state index is -0.489. The molecule has 0 amide bonds. The van der Waals surface area contributed by atoms with Crippen LogP contribution in [0.2, 0.25) is 0 Å². The molecule has 0 aliphatic carbocycles. The normalized spacial score (nSPS) is 11.6. The third-order valence-electron chi connectivity index (χ3n) is 3.20. The number of carbonyl (C=O) groups is 1. The molecule has 0 spiro atoms. The Morgan fingerprint density at radius 3 is 2.67 bits per heavy atom. The van der Waals surface area contributed by atoms with Crippen molar-refractivity contribution < 1.29 is 9.53 Å². The van der Waals surface area contributed by atoms with E-state index in [1.807, 2.05) is 32.0 Å². The molecule has 6 heteroatoms. The van der Waals surface area contributed by atoms with E-state index in [0.717, 1.165) is 16.7 Å². The molecule has 21 heavy (non-hydrogen) atoms. The minimum Gasteiger partial charge on any atom is -0.465 e. The first kappa shape index (κ1) is 17.0. The summed E-state index contributed by atoms with van der Waals surface area (Å²) < 4.78 is 5.16. The second-order valence-corrected chi connectivity index (χ2v) is 4.75. The maximum Gasteiger partial charge on any atom is 0.327 e. The Morgan fingerprint density at radius 2 is 2.10 bits per heavy atom. The fraction of sp³-hybridized carbons (Fsp3) is 0.533. The Labute approximate surface area is 125 Å². The molecule has 1 aromatic carbocycles. The lowest BCUT2D eigenvalue weighted by atomic mass is 9.96. The van der Waals surface area contributed by atoms with Gasteiger partial charge in [-0.2, -0.15) is 0 Å². The minimum absolute atomic E-state index is 0.279. The summed E-state index contributed by atoms with van der Waals surface area (Å²) >= 11 is 0. The third-order valence-corrected chi connectivity index (χ3v) is 3.20. The summed E-state index contributed by atoms with van der Waals surface area (Å²) in [6.45, 7) is 7.09. The molecule has 1 aromatic rings. The van der Waals surface area contributed by atoms with Crippen molar-refractivity contribution in [2.75, 3.05) is 19.7 Å². The molecule has 0 saturated carbocycles. The van der Waals surface area contributed by atoms with E-state index in [0.29, 0.717) is 26.1 Å². The smallest absolute Gasteiger partial charge is 0.327 e. The van der Waals surface area contributed by atoms with Gasteiger partial charge in [0.2, 0.25) is 0 Å². The summed E-state index contributed by atoms with van der Waals surface area (Å²) in [5.74, 6) is -0.279. The number of ether oxygens (including phenoxy) is 1. The summed E-state index contributed by atoms with van der Waals surface area (Å²) in [6, 6.07) is 5.45. The van der Waals surface area contributed by atoms with Crippen molar-refractivity contribution in [2.24, 2.45) is 5.11 Å². The molecular formula is C15H22N4O2. The first-order valence-corrected chi connectivity index (χ1v) is 7.08. The summed E-state index contributed by atoms with van der Waals surface area (Å²) in [5.41, 5.74) is 11.3. The van der Waals surface area contributed by atoms with Gasteiger partial charge >= 0.3 is 5.97 Å². The number of nitrogens with zero attached hydrogens (tertiary/aromatic N) is 3. The van der Waals surface area contributed by atoms with Gasteiger partial charge in [-0.15, -0.1) is 0 Å². The van der Waals surface area contributed by atoms with Crippen LogP contribution in [0.1, 0.15) is 36.1 Å². The molecule has 0 aromatic heterocycles. The molecule has 1 unspecified atom stereocenters. The molecule has 1 rings (SSSR count). The highest BCUT2D eigenvalue weighted by molar-refractivity contribution is 5.78. The maximum absolute atomic E-state index is 12.2. The standard InChI is InChI=1S/C15H22N4O2/c1-4-21-15(20)14(17-9-6-10-18-19-16)13-11(2)7-5-8-12(13)3/h5,7-8,14,17H,4,6,9-10H2,1-3H3. The van der Waals surface area contributed by atoms with Gasteiger partial charge in [-0.25, -0.2) is 4.79 Å². The molecule has 1 N–H and O–H groups in total. The van der Waals surface area contributed by atoms with Gasteiger partial charge in [-0.1, -0.05) is 23.3 Å². The molecule has 1 atom stereocenters. The van der Waals surface area contributed by atoms with Crippen molar-refractivity contribution in [3.63, 3.8) is 0 Å². The monoisotopic (exact) mass is 290 g/mol. The zero-order valence-electron chi connectivity index (χ0n) is 12.8. The van der Waals surface area contributed by atoms with Gasteiger partial charge in [-0.05, 0) is 56.0 Å². The maximum atomic E-state index is 12.2. The number of hydrogen-bond donors (Lipinski definition) is 1. The van der Waals surface area contributed by atoms with E-state index in [2.05, 4.69) is 15.3 Å². The highest BCUT2D eigenvalue weighted by Crippen LogP contribution is 2.23. The van der Waals surface area contributed by atoms with Crippen LogP contribution in [0.4, 0.5) is 0 Å². The van der Waals surface area contributed by atoms with Gasteiger partial charge in [0, 0.05) is 11.5 Å². The molecule has 0 radical (unpaired) electrons. The van der Waals surface area contributed by atoms with Crippen LogP contribution in [0.3, 0.4) is 0 Å². The molecule has 0 aliphatic heterocycles. The number of esters is 1. The Kier molecular flexibility index (Phi) is 7.29. The van der Waals surface area contributed by atoms with E-state index < -0.39 is 6.04 Å². The predicted octanol–water partition coefficient (Wildman–Crippen LogP) is 3.20. The van der Waals surface area contributed by atoms with Gasteiger partial charge in [0.1, 0.15) is 6.04 Å². The molecule has 0 fully saturated rings. The van der Waals surface area contributed by atoms with Crippen molar-refractivity contribution in [1.82, 2.24) is 5.32 Å². The Balaban J connectivity index is 2.86. The number of carbonyl (C=O) groups excluding carboxylic acids is 1. The van der Waals surface area contributed by atoms with Crippen LogP contribution in [-0.4, -0.2) is 25.7 Å². The SMILES string of the molecule is CCOC(=O)C(NCCCN=[N+]=[N-])c1c(C)cccc1C. The van der Waals surface area contributed by atoms with Gasteiger partial charge in [0.05, 0.1) is 6.61 Å². The lowest BCUT2D eigenvalue weighted by Crippen LogP contribution is -2.32. The number of aryl methyl sites for hydroxylation is 2. The lowest BCUT2D eigenvalue weighted by molar-refractivity contribution is -0.145. The third kappa shape index (κ3) is 5.10. The van der Waals surface area contributed by atoms with Gasteiger partial charge in [0.25, 0.3) is 0 Å². The van der Waals surface area contributed by atoms with Crippen LogP contribution in [-0.2, 0) is 9.53 Å². The first-order valence-electron chi connectivity index (χ1n) is 7.08.